The third-order valence-electron chi connectivity index (χ3n) is 5.11. The smallest absolute Gasteiger partial charge is 0.191 e. The van der Waals surface area contributed by atoms with Gasteiger partial charge in [-0.3, -0.25) is 9.67 Å². The van der Waals surface area contributed by atoms with Gasteiger partial charge in [0.25, 0.3) is 0 Å². The second-order valence-electron chi connectivity index (χ2n) is 7.33. The molecule has 7 heteroatoms. The Morgan fingerprint density at radius 1 is 1.29 bits per heavy atom. The Bertz CT molecular complexity index is 935. The average molecular weight is 382 g/mol. The monoisotopic (exact) mass is 381 g/mol. The van der Waals surface area contributed by atoms with Crippen molar-refractivity contribution in [2.75, 3.05) is 34.2 Å². The van der Waals surface area contributed by atoms with Gasteiger partial charge in [-0.15, -0.1) is 0 Å². The fourth-order valence-electron chi connectivity index (χ4n) is 3.59. The Morgan fingerprint density at radius 2 is 2.07 bits per heavy atom. The fourth-order valence-corrected chi connectivity index (χ4v) is 3.59. The van der Waals surface area contributed by atoms with E-state index in [1.807, 2.05) is 17.9 Å². The number of H-pyrrole nitrogens is 1. The number of aliphatic imine (C=N–C) groups is 1. The number of benzene rings is 1. The van der Waals surface area contributed by atoms with Crippen LogP contribution in [-0.4, -0.2) is 59.9 Å². The second-order valence-corrected chi connectivity index (χ2v) is 7.33. The number of hydrogen-bond donors (Lipinski definition) is 3. The van der Waals surface area contributed by atoms with Crippen LogP contribution in [0.1, 0.15) is 22.9 Å². The van der Waals surface area contributed by atoms with E-state index in [1.54, 1.807) is 7.05 Å². The molecule has 3 aromatic rings. The summed E-state index contributed by atoms with van der Waals surface area (Å²) in [5.41, 5.74) is 4.97. The van der Waals surface area contributed by atoms with Crippen LogP contribution in [0, 0.1) is 6.92 Å². The van der Waals surface area contributed by atoms with Crippen LogP contribution in [0.3, 0.4) is 0 Å². The molecule has 0 saturated heterocycles. The lowest BCUT2D eigenvalue weighted by Crippen LogP contribution is -2.42. The maximum atomic E-state index is 4.37. The summed E-state index contributed by atoms with van der Waals surface area (Å²) in [6.07, 6.45) is 4.92. The highest BCUT2D eigenvalue weighted by atomic mass is 15.3. The summed E-state index contributed by atoms with van der Waals surface area (Å²) < 4.78 is 1.84. The molecule has 2 heterocycles. The number of fused-ring (bicyclic) bond motifs is 1. The van der Waals surface area contributed by atoms with Crippen molar-refractivity contribution in [3.63, 3.8) is 0 Å². The Kier molecular flexibility index (Phi) is 6.36. The maximum absolute atomic E-state index is 4.37. The number of aromatic nitrogens is 3. The first-order valence-electron chi connectivity index (χ1n) is 9.65. The van der Waals surface area contributed by atoms with Crippen LogP contribution in [0.25, 0.3) is 10.9 Å². The number of hydrogen-bond acceptors (Lipinski definition) is 3. The first-order chi connectivity index (χ1) is 13.5. The Hall–Kier alpha value is -2.80. The van der Waals surface area contributed by atoms with Gasteiger partial charge in [-0.25, -0.2) is 0 Å². The molecule has 7 nitrogen and oxygen atoms in total. The maximum Gasteiger partial charge on any atom is 0.191 e. The minimum atomic E-state index is 0.225. The molecule has 0 aliphatic heterocycles. The molecule has 150 valence electrons. The molecule has 1 aromatic carbocycles. The number of aryl methyl sites for hydroxylation is 2. The zero-order valence-electron chi connectivity index (χ0n) is 17.5. The van der Waals surface area contributed by atoms with E-state index in [0.29, 0.717) is 0 Å². The quantitative estimate of drug-likeness (QED) is 0.433. The number of aromatic amines is 1. The normalized spacial score (nSPS) is 13.3. The van der Waals surface area contributed by atoms with E-state index < -0.39 is 0 Å². The molecule has 0 fully saturated rings. The Balaban J connectivity index is 1.56. The highest BCUT2D eigenvalue weighted by Gasteiger charge is 2.16. The molecule has 0 radical (unpaired) electrons. The van der Waals surface area contributed by atoms with Crippen molar-refractivity contribution in [3.05, 3.63) is 53.5 Å². The molecule has 28 heavy (non-hydrogen) atoms. The number of nitrogens with zero attached hydrogens (tertiary/aromatic N) is 4. The van der Waals surface area contributed by atoms with E-state index in [4.69, 9.17) is 0 Å². The van der Waals surface area contributed by atoms with Gasteiger partial charge in [0.2, 0.25) is 0 Å². The number of guanidine groups is 1. The summed E-state index contributed by atoms with van der Waals surface area (Å²) in [5, 5.41) is 12.5. The van der Waals surface area contributed by atoms with Crippen molar-refractivity contribution < 1.29 is 0 Å². The largest absolute Gasteiger partial charge is 0.358 e. The molecule has 1 unspecified atom stereocenters. The molecule has 2 aromatic heterocycles. The molecule has 0 aliphatic rings. The van der Waals surface area contributed by atoms with Gasteiger partial charge in [0.1, 0.15) is 0 Å². The zero-order valence-corrected chi connectivity index (χ0v) is 17.5. The number of nitrogens with one attached hydrogen (secondary N) is 3. The Morgan fingerprint density at radius 3 is 2.75 bits per heavy atom. The highest BCUT2D eigenvalue weighted by molar-refractivity contribution is 5.84. The molecule has 0 saturated carbocycles. The van der Waals surface area contributed by atoms with Gasteiger partial charge >= 0.3 is 0 Å². The zero-order chi connectivity index (χ0) is 20.1. The van der Waals surface area contributed by atoms with Crippen molar-refractivity contribution in [3.8, 4) is 0 Å². The molecular weight excluding hydrogens is 350 g/mol. The van der Waals surface area contributed by atoms with Gasteiger partial charge in [-0.05, 0) is 39.1 Å². The molecule has 0 aliphatic carbocycles. The topological polar surface area (TPSA) is 73.3 Å². The first kappa shape index (κ1) is 19.9. The van der Waals surface area contributed by atoms with Crippen molar-refractivity contribution >= 4 is 16.9 Å². The third kappa shape index (κ3) is 4.54. The number of para-hydroxylation sites is 1. The van der Waals surface area contributed by atoms with Gasteiger partial charge in [-0.1, -0.05) is 18.2 Å². The van der Waals surface area contributed by atoms with Crippen LogP contribution in [0.5, 0.6) is 0 Å². The summed E-state index contributed by atoms with van der Waals surface area (Å²) in [7, 11) is 7.91. The highest BCUT2D eigenvalue weighted by Crippen LogP contribution is 2.22. The summed E-state index contributed by atoms with van der Waals surface area (Å²) in [4.78, 5) is 10.0. The lowest BCUT2D eigenvalue weighted by Gasteiger charge is -2.24. The fraction of sp³-hybridized carbons (Fsp3) is 0.429. The SMILES string of the molecule is CN=C(NCCc1c(C)[nH]c2ccccc12)NCC(c1cnn(C)c1)N(C)C. The van der Waals surface area contributed by atoms with Gasteiger partial charge in [0, 0.05) is 55.5 Å². The van der Waals surface area contributed by atoms with E-state index in [1.165, 1.54) is 27.7 Å². The lowest BCUT2D eigenvalue weighted by atomic mass is 10.1. The second kappa shape index (κ2) is 8.93. The summed E-state index contributed by atoms with van der Waals surface area (Å²) in [6.45, 7) is 3.71. The van der Waals surface area contributed by atoms with Gasteiger partial charge < -0.3 is 20.5 Å². The van der Waals surface area contributed by atoms with Crippen LogP contribution < -0.4 is 10.6 Å². The van der Waals surface area contributed by atoms with Crippen LogP contribution in [-0.2, 0) is 13.5 Å². The van der Waals surface area contributed by atoms with Gasteiger partial charge in [0.05, 0.1) is 12.2 Å². The molecule has 3 rings (SSSR count). The average Bonchev–Trinajstić information content (AvgIpc) is 3.23. The van der Waals surface area contributed by atoms with Crippen molar-refractivity contribution in [1.82, 2.24) is 30.3 Å². The van der Waals surface area contributed by atoms with Crippen molar-refractivity contribution in [2.45, 2.75) is 19.4 Å². The Labute approximate surface area is 166 Å². The molecule has 1 atom stereocenters. The molecule has 0 amide bonds. The minimum absolute atomic E-state index is 0.225. The van der Waals surface area contributed by atoms with Crippen LogP contribution >= 0.6 is 0 Å². The molecule has 0 bridgehead atoms. The van der Waals surface area contributed by atoms with Crippen LogP contribution in [0.4, 0.5) is 0 Å². The van der Waals surface area contributed by atoms with E-state index in [-0.39, 0.29) is 6.04 Å². The molecule has 0 spiro atoms. The van der Waals surface area contributed by atoms with E-state index in [2.05, 4.69) is 82.1 Å². The minimum Gasteiger partial charge on any atom is -0.358 e. The van der Waals surface area contributed by atoms with Crippen LogP contribution in [0.2, 0.25) is 0 Å². The van der Waals surface area contributed by atoms with Gasteiger partial charge in [0.15, 0.2) is 5.96 Å². The number of rotatable bonds is 7. The van der Waals surface area contributed by atoms with Crippen LogP contribution in [0.15, 0.2) is 41.7 Å². The van der Waals surface area contributed by atoms with E-state index in [9.17, 15) is 0 Å². The summed E-state index contributed by atoms with van der Waals surface area (Å²) >= 11 is 0. The van der Waals surface area contributed by atoms with Gasteiger partial charge in [-0.2, -0.15) is 5.10 Å². The standard InChI is InChI=1S/C21H31N7/c1-15-17(18-8-6-7-9-19(18)26-15)10-11-23-21(22-2)24-13-20(27(3)4)16-12-25-28(5)14-16/h6-9,12,14,20,26H,10-11,13H2,1-5H3,(H2,22,23,24). The van der Waals surface area contributed by atoms with E-state index >= 15 is 0 Å². The molecule has 3 N–H and O–H groups in total. The first-order valence-corrected chi connectivity index (χ1v) is 9.65. The summed E-state index contributed by atoms with van der Waals surface area (Å²) in [6, 6.07) is 8.68. The van der Waals surface area contributed by atoms with Crippen molar-refractivity contribution in [2.24, 2.45) is 12.0 Å². The predicted octanol–water partition coefficient (Wildman–Crippen LogP) is 2.22. The number of likely N-dealkylation sites (N-methyl/N-ethyl adjacent to an activating group) is 1. The van der Waals surface area contributed by atoms with E-state index in [0.717, 1.165) is 25.5 Å². The molecular formula is C21H31N7. The third-order valence-corrected chi connectivity index (χ3v) is 5.11. The van der Waals surface area contributed by atoms with Crippen molar-refractivity contribution in [1.29, 1.82) is 0 Å². The lowest BCUT2D eigenvalue weighted by molar-refractivity contribution is 0.298. The summed E-state index contributed by atoms with van der Waals surface area (Å²) in [5.74, 6) is 0.813. The predicted molar refractivity (Wildman–Crippen MR) is 116 cm³/mol.